The van der Waals surface area contributed by atoms with E-state index < -0.39 is 11.9 Å². The molecule has 0 spiro atoms. The highest BCUT2D eigenvalue weighted by Crippen LogP contribution is 2.22. The third-order valence-corrected chi connectivity index (χ3v) is 3.51. The molecule has 0 saturated carbocycles. The quantitative estimate of drug-likeness (QED) is 0.832. The lowest BCUT2D eigenvalue weighted by molar-refractivity contribution is -0.134. The minimum Gasteiger partial charge on any atom is -0.477 e. The summed E-state index contributed by atoms with van der Waals surface area (Å²) in [6.45, 7) is 1.27. The Hall–Kier alpha value is -2.47. The van der Waals surface area contributed by atoms with Crippen LogP contribution in [-0.2, 0) is 16.0 Å². The second-order valence-electron chi connectivity index (χ2n) is 4.30. The molecule has 0 atom stereocenters. The van der Waals surface area contributed by atoms with Crippen molar-refractivity contribution in [2.75, 3.05) is 0 Å². The van der Waals surface area contributed by atoms with Gasteiger partial charge in [-0.25, -0.2) is 9.78 Å². The third kappa shape index (κ3) is 4.25. The van der Waals surface area contributed by atoms with Crippen molar-refractivity contribution in [1.29, 1.82) is 0 Å². The zero-order valence-corrected chi connectivity index (χ0v) is 12.2. The number of carbonyl (C=O) groups is 2. The number of hydrogen-bond acceptors (Lipinski definition) is 4. The fourth-order valence-corrected chi connectivity index (χ4v) is 2.48. The van der Waals surface area contributed by atoms with E-state index in [1.165, 1.54) is 24.3 Å². The predicted octanol–water partition coefficient (Wildman–Crippen LogP) is 2.46. The van der Waals surface area contributed by atoms with E-state index in [4.69, 9.17) is 5.11 Å². The van der Waals surface area contributed by atoms with Gasteiger partial charge in [-0.05, 0) is 6.08 Å². The Morgan fingerprint density at radius 1 is 1.33 bits per heavy atom. The van der Waals surface area contributed by atoms with E-state index in [9.17, 15) is 9.59 Å². The van der Waals surface area contributed by atoms with Crippen LogP contribution in [-0.4, -0.2) is 22.0 Å². The van der Waals surface area contributed by atoms with Gasteiger partial charge in [0.1, 0.15) is 5.70 Å². The number of carbonyl (C=O) groups excluding carboxylic acids is 1. The van der Waals surface area contributed by atoms with Crippen LogP contribution in [0.1, 0.15) is 11.9 Å². The third-order valence-electron chi connectivity index (χ3n) is 2.64. The van der Waals surface area contributed by atoms with Gasteiger partial charge in [0, 0.05) is 24.3 Å². The van der Waals surface area contributed by atoms with Crippen molar-refractivity contribution in [3.63, 3.8) is 0 Å². The summed E-state index contributed by atoms with van der Waals surface area (Å²) in [5, 5.41) is 14.0. The van der Waals surface area contributed by atoms with Gasteiger partial charge >= 0.3 is 5.97 Å². The highest BCUT2D eigenvalue weighted by molar-refractivity contribution is 7.10. The van der Waals surface area contributed by atoms with Gasteiger partial charge in [-0.2, -0.15) is 0 Å². The standard InChI is InChI=1S/C15H14N2O3S/c1-10(18)16-12(15(19)20)7-8-14-17-13(9-21-14)11-5-3-2-4-6-11/h2-7,9H,8H2,1H3,(H,16,18)(H,19,20)/b12-7+. The van der Waals surface area contributed by atoms with Crippen LogP contribution in [0.3, 0.4) is 0 Å². The molecule has 108 valence electrons. The molecule has 0 aliphatic carbocycles. The van der Waals surface area contributed by atoms with Gasteiger partial charge in [0.25, 0.3) is 0 Å². The number of amides is 1. The van der Waals surface area contributed by atoms with Crippen LogP contribution in [0.2, 0.25) is 0 Å². The van der Waals surface area contributed by atoms with Crippen molar-refractivity contribution in [1.82, 2.24) is 10.3 Å². The Balaban J connectivity index is 2.12. The maximum Gasteiger partial charge on any atom is 0.352 e. The van der Waals surface area contributed by atoms with Crippen LogP contribution in [0.4, 0.5) is 0 Å². The average molecular weight is 302 g/mol. The smallest absolute Gasteiger partial charge is 0.352 e. The Morgan fingerprint density at radius 2 is 2.05 bits per heavy atom. The Morgan fingerprint density at radius 3 is 2.67 bits per heavy atom. The van der Waals surface area contributed by atoms with Gasteiger partial charge in [-0.15, -0.1) is 11.3 Å². The van der Waals surface area contributed by atoms with Gasteiger partial charge < -0.3 is 10.4 Å². The molecule has 0 radical (unpaired) electrons. The summed E-state index contributed by atoms with van der Waals surface area (Å²) in [6.07, 6.45) is 1.82. The molecule has 0 fully saturated rings. The first-order valence-corrected chi connectivity index (χ1v) is 7.15. The number of carboxylic acid groups (broad SMARTS) is 1. The second kappa shape index (κ2) is 6.81. The Labute approximate surface area is 126 Å². The van der Waals surface area contributed by atoms with E-state index in [2.05, 4.69) is 10.3 Å². The number of carboxylic acids is 1. The van der Waals surface area contributed by atoms with Crippen molar-refractivity contribution in [2.45, 2.75) is 13.3 Å². The number of rotatable bonds is 5. The zero-order valence-electron chi connectivity index (χ0n) is 11.4. The maximum absolute atomic E-state index is 11.0. The summed E-state index contributed by atoms with van der Waals surface area (Å²) in [6, 6.07) is 9.75. The van der Waals surface area contributed by atoms with Crippen molar-refractivity contribution in [3.05, 3.63) is 52.5 Å². The first kappa shape index (κ1) is 14.9. The lowest BCUT2D eigenvalue weighted by atomic mass is 10.2. The van der Waals surface area contributed by atoms with Crippen molar-refractivity contribution < 1.29 is 14.7 Å². The Kier molecular flexibility index (Phi) is 4.84. The van der Waals surface area contributed by atoms with Crippen LogP contribution in [0.25, 0.3) is 11.3 Å². The first-order valence-electron chi connectivity index (χ1n) is 6.27. The van der Waals surface area contributed by atoms with E-state index in [1.54, 1.807) is 0 Å². The molecule has 6 heteroatoms. The lowest BCUT2D eigenvalue weighted by Gasteiger charge is -2.01. The number of nitrogens with one attached hydrogen (secondary N) is 1. The van der Waals surface area contributed by atoms with Crippen LogP contribution in [0.15, 0.2) is 47.5 Å². The topological polar surface area (TPSA) is 79.3 Å². The van der Waals surface area contributed by atoms with Crippen LogP contribution in [0, 0.1) is 0 Å². The van der Waals surface area contributed by atoms with Crippen LogP contribution < -0.4 is 5.32 Å². The van der Waals surface area contributed by atoms with Gasteiger partial charge in [0.15, 0.2) is 0 Å². The first-order chi connectivity index (χ1) is 10.1. The molecule has 0 aliphatic rings. The molecule has 1 aromatic carbocycles. The summed E-state index contributed by atoms with van der Waals surface area (Å²) in [4.78, 5) is 26.4. The van der Waals surface area contributed by atoms with Gasteiger partial charge in [0.2, 0.25) is 5.91 Å². The van der Waals surface area contributed by atoms with Crippen LogP contribution >= 0.6 is 11.3 Å². The largest absolute Gasteiger partial charge is 0.477 e. The minimum absolute atomic E-state index is 0.126. The maximum atomic E-state index is 11.0. The van der Waals surface area contributed by atoms with E-state index in [1.807, 2.05) is 35.7 Å². The molecule has 2 N–H and O–H groups in total. The minimum atomic E-state index is -1.16. The lowest BCUT2D eigenvalue weighted by Crippen LogP contribution is -2.24. The number of nitrogens with zero attached hydrogens (tertiary/aromatic N) is 1. The molecule has 0 unspecified atom stereocenters. The summed E-state index contributed by atoms with van der Waals surface area (Å²) in [5.41, 5.74) is 1.75. The summed E-state index contributed by atoms with van der Waals surface area (Å²) < 4.78 is 0. The molecule has 0 bridgehead atoms. The molecule has 2 aromatic rings. The average Bonchev–Trinajstić information content (AvgIpc) is 2.92. The molecular weight excluding hydrogens is 288 g/mol. The molecule has 0 aliphatic heterocycles. The van der Waals surface area contributed by atoms with Crippen molar-refractivity contribution in [2.24, 2.45) is 0 Å². The molecule has 2 rings (SSSR count). The van der Waals surface area contributed by atoms with Crippen LogP contribution in [0.5, 0.6) is 0 Å². The summed E-state index contributed by atoms with van der Waals surface area (Å²) in [7, 11) is 0. The molecule has 0 saturated heterocycles. The van der Waals surface area contributed by atoms with Crippen molar-refractivity contribution >= 4 is 23.2 Å². The summed E-state index contributed by atoms with van der Waals surface area (Å²) in [5.74, 6) is -1.57. The monoisotopic (exact) mass is 302 g/mol. The van der Waals surface area contributed by atoms with E-state index in [0.717, 1.165) is 16.3 Å². The highest BCUT2D eigenvalue weighted by Gasteiger charge is 2.09. The number of hydrogen-bond donors (Lipinski definition) is 2. The fraction of sp³-hybridized carbons (Fsp3) is 0.133. The Bertz CT molecular complexity index is 677. The number of benzene rings is 1. The molecule has 21 heavy (non-hydrogen) atoms. The zero-order chi connectivity index (χ0) is 15.2. The second-order valence-corrected chi connectivity index (χ2v) is 5.24. The van der Waals surface area contributed by atoms with Gasteiger partial charge in [0.05, 0.1) is 10.7 Å². The predicted molar refractivity (Wildman–Crippen MR) is 80.8 cm³/mol. The summed E-state index contributed by atoms with van der Waals surface area (Å²) >= 11 is 1.46. The number of aliphatic carboxylic acids is 1. The molecule has 1 heterocycles. The molecular formula is C15H14N2O3S. The molecule has 5 nitrogen and oxygen atoms in total. The van der Waals surface area contributed by atoms with E-state index in [-0.39, 0.29) is 5.70 Å². The SMILES string of the molecule is CC(=O)N/C(=C/Cc1nc(-c2ccccc2)cs1)C(=O)O. The van der Waals surface area contributed by atoms with Gasteiger partial charge in [-0.3, -0.25) is 4.79 Å². The fourth-order valence-electron chi connectivity index (χ4n) is 1.72. The van der Waals surface area contributed by atoms with E-state index >= 15 is 0 Å². The number of thiazole rings is 1. The molecule has 1 aromatic heterocycles. The van der Waals surface area contributed by atoms with E-state index in [0.29, 0.717) is 6.42 Å². The van der Waals surface area contributed by atoms with Crippen molar-refractivity contribution in [3.8, 4) is 11.3 Å². The van der Waals surface area contributed by atoms with Gasteiger partial charge in [-0.1, -0.05) is 30.3 Å². The number of allylic oxidation sites excluding steroid dienone is 1. The molecule has 1 amide bonds. The highest BCUT2D eigenvalue weighted by atomic mass is 32.1. The number of aromatic nitrogens is 1. The normalized spacial score (nSPS) is 11.2.